The van der Waals surface area contributed by atoms with Gasteiger partial charge in [-0.1, -0.05) is 13.8 Å². The average molecular weight is 316 g/mol. The molecule has 0 spiro atoms. The van der Waals surface area contributed by atoms with Gasteiger partial charge < -0.3 is 10.2 Å². The number of thioether (sulfide) groups is 2. The third-order valence-electron chi connectivity index (χ3n) is 4.37. The molecule has 0 radical (unpaired) electrons. The number of amides is 2. The lowest BCUT2D eigenvalue weighted by Gasteiger charge is -2.45. The van der Waals surface area contributed by atoms with E-state index in [2.05, 4.69) is 5.32 Å². The molecule has 2 aliphatic heterocycles. The summed E-state index contributed by atoms with van der Waals surface area (Å²) in [5.74, 6) is 3.50. The molecule has 2 saturated heterocycles. The van der Waals surface area contributed by atoms with Crippen molar-refractivity contribution in [1.29, 1.82) is 0 Å². The van der Waals surface area contributed by atoms with Crippen LogP contribution in [0.5, 0.6) is 0 Å². The first-order valence-electron chi connectivity index (χ1n) is 7.36. The summed E-state index contributed by atoms with van der Waals surface area (Å²) in [4.78, 5) is 26.9. The zero-order valence-electron chi connectivity index (χ0n) is 12.5. The fourth-order valence-corrected chi connectivity index (χ4v) is 5.48. The van der Waals surface area contributed by atoms with Gasteiger partial charge in [-0.25, -0.2) is 0 Å². The molecular formula is C14H24N2O2S2. The van der Waals surface area contributed by atoms with Gasteiger partial charge >= 0.3 is 0 Å². The van der Waals surface area contributed by atoms with Gasteiger partial charge in [0.05, 0.1) is 0 Å². The highest BCUT2D eigenvalue weighted by Crippen LogP contribution is 2.29. The Kier molecular flexibility index (Phi) is 5.29. The highest BCUT2D eigenvalue weighted by molar-refractivity contribution is 8.06. The van der Waals surface area contributed by atoms with Crippen molar-refractivity contribution in [3.63, 3.8) is 0 Å². The molecule has 6 heteroatoms. The van der Waals surface area contributed by atoms with E-state index in [1.165, 1.54) is 5.75 Å². The molecule has 0 aromatic carbocycles. The largest absolute Gasteiger partial charge is 0.340 e. The van der Waals surface area contributed by atoms with Gasteiger partial charge in [-0.3, -0.25) is 9.59 Å². The summed E-state index contributed by atoms with van der Waals surface area (Å²) in [6.07, 6.45) is 1.31. The molecule has 2 amide bonds. The van der Waals surface area contributed by atoms with Crippen LogP contribution in [0.25, 0.3) is 0 Å². The number of hydrogen-bond donors (Lipinski definition) is 1. The first-order chi connectivity index (χ1) is 9.54. The van der Waals surface area contributed by atoms with Crippen LogP contribution >= 0.6 is 23.5 Å². The molecule has 0 bridgehead atoms. The summed E-state index contributed by atoms with van der Waals surface area (Å²) >= 11 is 3.88. The van der Waals surface area contributed by atoms with Crippen LogP contribution in [0.3, 0.4) is 0 Å². The van der Waals surface area contributed by atoms with E-state index in [9.17, 15) is 9.59 Å². The Balaban J connectivity index is 2.15. The van der Waals surface area contributed by atoms with Gasteiger partial charge in [-0.15, -0.1) is 0 Å². The van der Waals surface area contributed by atoms with Crippen molar-refractivity contribution in [2.45, 2.75) is 50.4 Å². The number of carbonyl (C=O) groups excluding carboxylic acids is 2. The first kappa shape index (κ1) is 16.0. The topological polar surface area (TPSA) is 49.4 Å². The van der Waals surface area contributed by atoms with Gasteiger partial charge in [-0.05, 0) is 19.8 Å². The van der Waals surface area contributed by atoms with Crippen LogP contribution in [0.1, 0.15) is 33.6 Å². The van der Waals surface area contributed by atoms with E-state index in [4.69, 9.17) is 0 Å². The molecular weight excluding hydrogens is 292 g/mol. The number of hydrogen-bond acceptors (Lipinski definition) is 4. The maximum absolute atomic E-state index is 12.8. The molecule has 2 atom stereocenters. The quantitative estimate of drug-likeness (QED) is 0.858. The van der Waals surface area contributed by atoms with Gasteiger partial charge in [-0.2, -0.15) is 23.5 Å². The fraction of sp³-hybridized carbons (Fsp3) is 0.857. The minimum Gasteiger partial charge on any atom is -0.340 e. The minimum absolute atomic E-state index is 0.0123. The fourth-order valence-electron chi connectivity index (χ4n) is 2.82. The zero-order valence-corrected chi connectivity index (χ0v) is 14.1. The summed E-state index contributed by atoms with van der Waals surface area (Å²) < 4.78 is 0. The van der Waals surface area contributed by atoms with Crippen molar-refractivity contribution in [3.8, 4) is 0 Å². The molecule has 2 unspecified atom stereocenters. The molecule has 0 aliphatic carbocycles. The Morgan fingerprint density at radius 2 is 2.00 bits per heavy atom. The number of carbonyl (C=O) groups is 2. The van der Waals surface area contributed by atoms with Crippen LogP contribution in [0, 0.1) is 0 Å². The zero-order chi connectivity index (χ0) is 14.8. The number of nitrogens with zero attached hydrogens (tertiary/aromatic N) is 1. The summed E-state index contributed by atoms with van der Waals surface area (Å²) in [5, 5.41) is 3.41. The van der Waals surface area contributed by atoms with Crippen molar-refractivity contribution in [1.82, 2.24) is 10.2 Å². The normalized spacial score (nSPS) is 30.2. The number of nitrogens with one attached hydrogen (secondary N) is 1. The lowest BCUT2D eigenvalue weighted by Crippen LogP contribution is -2.70. The Hall–Kier alpha value is -0.360. The van der Waals surface area contributed by atoms with Gasteiger partial charge in [0.2, 0.25) is 11.8 Å². The Morgan fingerprint density at radius 1 is 1.30 bits per heavy atom. The SMILES string of the molecule is CCC1(CC)NC(=O)C(C)N(CC2CSCCS2)C1=O. The van der Waals surface area contributed by atoms with Crippen LogP contribution in [-0.2, 0) is 9.59 Å². The molecule has 114 valence electrons. The lowest BCUT2D eigenvalue weighted by molar-refractivity contribution is -0.154. The Morgan fingerprint density at radius 3 is 2.55 bits per heavy atom. The molecule has 0 saturated carbocycles. The number of rotatable bonds is 4. The van der Waals surface area contributed by atoms with Gasteiger partial charge in [0.1, 0.15) is 11.6 Å². The van der Waals surface area contributed by atoms with E-state index in [-0.39, 0.29) is 17.9 Å². The summed E-state index contributed by atoms with van der Waals surface area (Å²) in [5.41, 5.74) is -0.684. The van der Waals surface area contributed by atoms with E-state index in [1.54, 1.807) is 0 Å². The van der Waals surface area contributed by atoms with E-state index >= 15 is 0 Å². The molecule has 4 nitrogen and oxygen atoms in total. The second-order valence-corrected chi connectivity index (χ2v) is 8.04. The Bertz CT molecular complexity index is 379. The summed E-state index contributed by atoms with van der Waals surface area (Å²) in [6.45, 7) is 6.48. The molecule has 2 rings (SSSR count). The smallest absolute Gasteiger partial charge is 0.249 e. The van der Waals surface area contributed by atoms with Crippen LogP contribution in [0.15, 0.2) is 0 Å². The summed E-state index contributed by atoms with van der Waals surface area (Å²) in [7, 11) is 0. The molecule has 20 heavy (non-hydrogen) atoms. The van der Waals surface area contributed by atoms with E-state index in [0.717, 1.165) is 11.5 Å². The second-order valence-electron chi connectivity index (χ2n) is 5.48. The molecule has 2 aliphatic rings. The first-order valence-corrected chi connectivity index (χ1v) is 9.57. The van der Waals surface area contributed by atoms with Gasteiger partial charge in [0.25, 0.3) is 0 Å². The van der Waals surface area contributed by atoms with Crippen molar-refractivity contribution >= 4 is 35.3 Å². The molecule has 2 fully saturated rings. The summed E-state index contributed by atoms with van der Waals surface area (Å²) in [6, 6.07) is -0.346. The van der Waals surface area contributed by atoms with Crippen molar-refractivity contribution < 1.29 is 9.59 Å². The maximum Gasteiger partial charge on any atom is 0.249 e. The second kappa shape index (κ2) is 6.60. The standard InChI is InChI=1S/C14H24N2O2S2/c1-4-14(5-2)13(18)16(10(3)12(17)15-14)8-11-9-19-6-7-20-11/h10-11H,4-9H2,1-3H3,(H,15,17). The third kappa shape index (κ3) is 2.96. The van der Waals surface area contributed by atoms with E-state index in [0.29, 0.717) is 24.6 Å². The highest BCUT2D eigenvalue weighted by atomic mass is 32.2. The van der Waals surface area contributed by atoms with Crippen LogP contribution in [0.4, 0.5) is 0 Å². The average Bonchev–Trinajstić information content (AvgIpc) is 2.48. The Labute approximate surface area is 129 Å². The van der Waals surface area contributed by atoms with Gasteiger partial charge in [0, 0.05) is 29.1 Å². The van der Waals surface area contributed by atoms with Crippen molar-refractivity contribution in [2.75, 3.05) is 23.8 Å². The minimum atomic E-state index is -0.684. The molecule has 1 N–H and O–H groups in total. The third-order valence-corrected chi connectivity index (χ3v) is 7.20. The predicted molar refractivity (Wildman–Crippen MR) is 86.2 cm³/mol. The maximum atomic E-state index is 12.8. The van der Waals surface area contributed by atoms with Crippen LogP contribution in [-0.4, -0.2) is 57.3 Å². The van der Waals surface area contributed by atoms with Crippen LogP contribution in [0.2, 0.25) is 0 Å². The molecule has 0 aromatic heterocycles. The van der Waals surface area contributed by atoms with Crippen LogP contribution < -0.4 is 5.32 Å². The monoisotopic (exact) mass is 316 g/mol. The van der Waals surface area contributed by atoms with E-state index < -0.39 is 5.54 Å². The highest BCUT2D eigenvalue weighted by Gasteiger charge is 2.47. The van der Waals surface area contributed by atoms with Gasteiger partial charge in [0.15, 0.2) is 0 Å². The van der Waals surface area contributed by atoms with Crippen molar-refractivity contribution in [3.05, 3.63) is 0 Å². The predicted octanol–water partition coefficient (Wildman–Crippen LogP) is 1.74. The number of piperazine rings is 1. The molecule has 0 aromatic rings. The molecule has 2 heterocycles. The lowest BCUT2D eigenvalue weighted by atomic mass is 9.87. The van der Waals surface area contributed by atoms with E-state index in [1.807, 2.05) is 49.2 Å². The van der Waals surface area contributed by atoms with Crippen molar-refractivity contribution in [2.24, 2.45) is 0 Å².